The molecule has 18 heavy (non-hydrogen) atoms. The summed E-state index contributed by atoms with van der Waals surface area (Å²) in [6.45, 7) is 2.55. The third-order valence-corrected chi connectivity index (χ3v) is 3.24. The maximum Gasteiger partial charge on any atom is 0.229 e. The van der Waals surface area contributed by atoms with E-state index in [1.54, 1.807) is 6.07 Å². The minimum Gasteiger partial charge on any atom is -0.440 e. The van der Waals surface area contributed by atoms with Gasteiger partial charge in [-0.3, -0.25) is 4.79 Å². The first-order valence-corrected chi connectivity index (χ1v) is 6.84. The Balaban J connectivity index is 1.96. The van der Waals surface area contributed by atoms with Crippen molar-refractivity contribution in [3.8, 4) is 0 Å². The van der Waals surface area contributed by atoms with Crippen molar-refractivity contribution in [3.05, 3.63) is 24.1 Å². The van der Waals surface area contributed by atoms with Gasteiger partial charge < -0.3 is 15.5 Å². The van der Waals surface area contributed by atoms with Crippen molar-refractivity contribution in [3.63, 3.8) is 0 Å². The van der Waals surface area contributed by atoms with E-state index in [9.17, 15) is 4.79 Å². The van der Waals surface area contributed by atoms with E-state index in [2.05, 4.69) is 10.3 Å². The van der Waals surface area contributed by atoms with Crippen LogP contribution < -0.4 is 11.1 Å². The number of anilines is 1. The zero-order chi connectivity index (χ0) is 13.0. The maximum absolute atomic E-state index is 11.3. The molecule has 1 heterocycles. The third kappa shape index (κ3) is 2.95. The maximum atomic E-state index is 11.3. The topological polar surface area (TPSA) is 81.2 Å². The van der Waals surface area contributed by atoms with Crippen molar-refractivity contribution in [2.75, 3.05) is 18.0 Å². The number of nitrogens with one attached hydrogen (secondary N) is 1. The first kappa shape index (κ1) is 12.8. The van der Waals surface area contributed by atoms with Gasteiger partial charge in [-0.15, -0.1) is 11.8 Å². The lowest BCUT2D eigenvalue weighted by Crippen LogP contribution is -2.24. The number of carbonyl (C=O) groups is 1. The van der Waals surface area contributed by atoms with Crippen molar-refractivity contribution < 1.29 is 9.21 Å². The molecule has 3 N–H and O–H groups in total. The predicted molar refractivity (Wildman–Crippen MR) is 73.3 cm³/mol. The summed E-state index contributed by atoms with van der Waals surface area (Å²) >= 11 is 1.47. The minimum atomic E-state index is 0.0260. The standard InChI is InChI=1S/C12H15N3O2S/c1-2-14-10(16)6-18-7-11-15-12-8(13)4-3-5-9(12)17-11/h3-5H,2,6-7,13H2,1H3,(H,14,16). The third-order valence-electron chi connectivity index (χ3n) is 2.33. The second kappa shape index (κ2) is 5.77. The number of oxazole rings is 1. The van der Waals surface area contributed by atoms with E-state index in [1.165, 1.54) is 11.8 Å². The van der Waals surface area contributed by atoms with E-state index in [-0.39, 0.29) is 5.91 Å². The second-order valence-electron chi connectivity index (χ2n) is 3.75. The van der Waals surface area contributed by atoms with Crippen molar-refractivity contribution >= 4 is 34.5 Å². The molecule has 0 fully saturated rings. The number of para-hydroxylation sites is 1. The van der Waals surface area contributed by atoms with Gasteiger partial charge in [0.1, 0.15) is 5.52 Å². The summed E-state index contributed by atoms with van der Waals surface area (Å²) in [6, 6.07) is 5.45. The summed E-state index contributed by atoms with van der Waals surface area (Å²) in [4.78, 5) is 15.6. The van der Waals surface area contributed by atoms with E-state index in [0.29, 0.717) is 40.7 Å². The Morgan fingerprint density at radius 3 is 3.11 bits per heavy atom. The SMILES string of the molecule is CCNC(=O)CSCc1nc2c(N)cccc2o1. The number of carbonyl (C=O) groups excluding carboxylic acids is 1. The van der Waals surface area contributed by atoms with Crippen LogP contribution in [-0.4, -0.2) is 23.2 Å². The highest BCUT2D eigenvalue weighted by molar-refractivity contribution is 7.99. The highest BCUT2D eigenvalue weighted by Gasteiger charge is 2.08. The van der Waals surface area contributed by atoms with E-state index >= 15 is 0 Å². The number of nitrogens with zero attached hydrogens (tertiary/aromatic N) is 1. The molecule has 6 heteroatoms. The van der Waals surface area contributed by atoms with Crippen molar-refractivity contribution in [1.82, 2.24) is 10.3 Å². The highest BCUT2D eigenvalue weighted by Crippen LogP contribution is 2.23. The van der Waals surface area contributed by atoms with Gasteiger partial charge in [-0.05, 0) is 19.1 Å². The predicted octanol–water partition coefficient (Wildman–Crippen LogP) is 1.78. The molecule has 0 saturated heterocycles. The number of rotatable bonds is 5. The van der Waals surface area contributed by atoms with Gasteiger partial charge in [0.05, 0.1) is 17.2 Å². The van der Waals surface area contributed by atoms with Crippen LogP contribution >= 0.6 is 11.8 Å². The summed E-state index contributed by atoms with van der Waals surface area (Å²) in [7, 11) is 0. The van der Waals surface area contributed by atoms with Gasteiger partial charge in [0, 0.05) is 6.54 Å². The largest absolute Gasteiger partial charge is 0.440 e. The van der Waals surface area contributed by atoms with Crippen LogP contribution in [0, 0.1) is 0 Å². The molecule has 0 aliphatic carbocycles. The van der Waals surface area contributed by atoms with Gasteiger partial charge in [0.15, 0.2) is 5.58 Å². The van der Waals surface area contributed by atoms with Gasteiger partial charge in [-0.1, -0.05) is 6.07 Å². The molecule has 5 nitrogen and oxygen atoms in total. The summed E-state index contributed by atoms with van der Waals surface area (Å²) < 4.78 is 5.55. The highest BCUT2D eigenvalue weighted by atomic mass is 32.2. The molecule has 96 valence electrons. The molecule has 1 aromatic carbocycles. The Morgan fingerprint density at radius 1 is 1.56 bits per heavy atom. The molecule has 0 atom stereocenters. The number of nitrogen functional groups attached to an aromatic ring is 1. The number of nitrogens with two attached hydrogens (primary N) is 1. The number of thioether (sulfide) groups is 1. The van der Waals surface area contributed by atoms with Gasteiger partial charge in [-0.25, -0.2) is 4.98 Å². The molecule has 1 amide bonds. The average Bonchev–Trinajstić information content (AvgIpc) is 2.74. The van der Waals surface area contributed by atoms with Crippen LogP contribution in [0.2, 0.25) is 0 Å². The lowest BCUT2D eigenvalue weighted by molar-refractivity contribution is -0.118. The number of benzene rings is 1. The Hall–Kier alpha value is -1.69. The summed E-state index contributed by atoms with van der Waals surface area (Å²) in [5.41, 5.74) is 7.77. The van der Waals surface area contributed by atoms with E-state index in [1.807, 2.05) is 19.1 Å². The Kier molecular flexibility index (Phi) is 4.09. The van der Waals surface area contributed by atoms with E-state index in [0.717, 1.165) is 0 Å². The van der Waals surface area contributed by atoms with Crippen LogP contribution in [-0.2, 0) is 10.5 Å². The minimum absolute atomic E-state index is 0.0260. The van der Waals surface area contributed by atoms with E-state index in [4.69, 9.17) is 10.2 Å². The fourth-order valence-electron chi connectivity index (χ4n) is 1.56. The molecule has 1 aromatic heterocycles. The van der Waals surface area contributed by atoms with Gasteiger partial charge in [0.25, 0.3) is 0 Å². The number of hydrogen-bond donors (Lipinski definition) is 2. The smallest absolute Gasteiger partial charge is 0.229 e. The lowest BCUT2D eigenvalue weighted by Gasteiger charge is -1.99. The number of aromatic nitrogens is 1. The Morgan fingerprint density at radius 2 is 2.39 bits per heavy atom. The zero-order valence-electron chi connectivity index (χ0n) is 10.1. The fraction of sp³-hybridized carbons (Fsp3) is 0.333. The Bertz CT molecular complexity index is 553. The van der Waals surface area contributed by atoms with Crippen molar-refractivity contribution in [1.29, 1.82) is 0 Å². The van der Waals surface area contributed by atoms with E-state index < -0.39 is 0 Å². The molecule has 2 aromatic rings. The number of fused-ring (bicyclic) bond motifs is 1. The van der Waals surface area contributed by atoms with Gasteiger partial charge in [0.2, 0.25) is 11.8 Å². The van der Waals surface area contributed by atoms with Crippen molar-refractivity contribution in [2.45, 2.75) is 12.7 Å². The molecule has 2 rings (SSSR count). The molecule has 0 radical (unpaired) electrons. The Labute approximate surface area is 109 Å². The summed E-state index contributed by atoms with van der Waals surface area (Å²) in [6.07, 6.45) is 0. The normalized spacial score (nSPS) is 10.7. The van der Waals surface area contributed by atoms with Crippen LogP contribution in [0.15, 0.2) is 22.6 Å². The van der Waals surface area contributed by atoms with Crippen molar-refractivity contribution in [2.24, 2.45) is 0 Å². The first-order valence-electron chi connectivity index (χ1n) is 5.69. The fourth-order valence-corrected chi connectivity index (χ4v) is 2.24. The number of amides is 1. The van der Waals surface area contributed by atoms with Crippen LogP contribution in [0.5, 0.6) is 0 Å². The summed E-state index contributed by atoms with van der Waals surface area (Å²) in [5, 5.41) is 2.74. The van der Waals surface area contributed by atoms with Crippen LogP contribution in [0.3, 0.4) is 0 Å². The molecular formula is C12H15N3O2S. The molecular weight excluding hydrogens is 250 g/mol. The zero-order valence-corrected chi connectivity index (χ0v) is 10.9. The van der Waals surface area contributed by atoms with Gasteiger partial charge in [-0.2, -0.15) is 0 Å². The van der Waals surface area contributed by atoms with Crippen LogP contribution in [0.25, 0.3) is 11.1 Å². The molecule has 0 unspecified atom stereocenters. The molecule has 0 aliphatic heterocycles. The molecule has 0 saturated carbocycles. The van der Waals surface area contributed by atoms with Crippen LogP contribution in [0.1, 0.15) is 12.8 Å². The quantitative estimate of drug-likeness (QED) is 0.805. The summed E-state index contributed by atoms with van der Waals surface area (Å²) in [5.74, 6) is 1.59. The molecule has 0 spiro atoms. The first-order chi connectivity index (χ1) is 8.70. The van der Waals surface area contributed by atoms with Crippen LogP contribution in [0.4, 0.5) is 5.69 Å². The number of hydrogen-bond acceptors (Lipinski definition) is 5. The molecule has 0 aliphatic rings. The second-order valence-corrected chi connectivity index (χ2v) is 4.73. The lowest BCUT2D eigenvalue weighted by atomic mass is 10.3. The average molecular weight is 265 g/mol. The monoisotopic (exact) mass is 265 g/mol. The van der Waals surface area contributed by atoms with Gasteiger partial charge >= 0.3 is 0 Å². The molecule has 0 bridgehead atoms.